The zero-order valence-electron chi connectivity index (χ0n) is 10.7. The van der Waals surface area contributed by atoms with Gasteiger partial charge in [-0.1, -0.05) is 11.6 Å². The lowest BCUT2D eigenvalue weighted by molar-refractivity contribution is 0.254. The minimum atomic E-state index is 0.608. The number of methoxy groups -OCH3 is 1. The van der Waals surface area contributed by atoms with Crippen molar-refractivity contribution in [1.82, 2.24) is 5.32 Å². The molecular weight excluding hydrogens is 250 g/mol. The van der Waals surface area contributed by atoms with Gasteiger partial charge in [0.25, 0.3) is 0 Å². The number of ether oxygens (including phenoxy) is 2. The van der Waals surface area contributed by atoms with E-state index in [9.17, 15) is 0 Å². The fraction of sp³-hybridized carbons (Fsp3) is 0.571. The van der Waals surface area contributed by atoms with Crippen LogP contribution in [0.5, 0.6) is 11.5 Å². The Morgan fingerprint density at radius 3 is 3.00 bits per heavy atom. The first-order valence-electron chi connectivity index (χ1n) is 6.46. The van der Waals surface area contributed by atoms with Crippen LogP contribution in [0.4, 0.5) is 0 Å². The number of hydrogen-bond donors (Lipinski definition) is 1. The average Bonchev–Trinajstić information content (AvgIpc) is 2.42. The van der Waals surface area contributed by atoms with Crippen molar-refractivity contribution in [2.24, 2.45) is 5.92 Å². The lowest BCUT2D eigenvalue weighted by atomic mass is 9.97. The first-order chi connectivity index (χ1) is 8.79. The highest BCUT2D eigenvalue weighted by Crippen LogP contribution is 2.29. The van der Waals surface area contributed by atoms with Crippen LogP contribution in [-0.4, -0.2) is 26.8 Å². The molecule has 1 N–H and O–H groups in total. The molecular formula is C14H20ClNO2. The van der Waals surface area contributed by atoms with Crippen LogP contribution in [0.2, 0.25) is 5.02 Å². The van der Waals surface area contributed by atoms with E-state index in [0.29, 0.717) is 5.02 Å². The van der Waals surface area contributed by atoms with Crippen LogP contribution in [0, 0.1) is 5.92 Å². The van der Waals surface area contributed by atoms with Gasteiger partial charge in [0.15, 0.2) is 0 Å². The highest BCUT2D eigenvalue weighted by Gasteiger charge is 2.13. The fourth-order valence-corrected chi connectivity index (χ4v) is 2.46. The largest absolute Gasteiger partial charge is 0.497 e. The second-order valence-electron chi connectivity index (χ2n) is 4.65. The van der Waals surface area contributed by atoms with Gasteiger partial charge in [-0.25, -0.2) is 0 Å². The molecule has 100 valence electrons. The summed E-state index contributed by atoms with van der Waals surface area (Å²) in [5.41, 5.74) is 0. The predicted molar refractivity (Wildman–Crippen MR) is 73.7 cm³/mol. The zero-order chi connectivity index (χ0) is 12.8. The SMILES string of the molecule is COc1ccc(OCC[C@@H]2CCCNC2)c(Cl)c1. The van der Waals surface area contributed by atoms with Gasteiger partial charge < -0.3 is 14.8 Å². The van der Waals surface area contributed by atoms with Gasteiger partial charge in [0.1, 0.15) is 11.5 Å². The topological polar surface area (TPSA) is 30.5 Å². The Morgan fingerprint density at radius 1 is 1.44 bits per heavy atom. The van der Waals surface area contributed by atoms with E-state index in [1.54, 1.807) is 13.2 Å². The molecule has 0 saturated carbocycles. The van der Waals surface area contributed by atoms with Crippen molar-refractivity contribution in [2.45, 2.75) is 19.3 Å². The second-order valence-corrected chi connectivity index (χ2v) is 5.05. The van der Waals surface area contributed by atoms with Crippen molar-refractivity contribution in [1.29, 1.82) is 0 Å². The standard InChI is InChI=1S/C14H20ClNO2/c1-17-12-4-5-14(13(15)9-12)18-8-6-11-3-2-7-16-10-11/h4-5,9,11,16H,2-3,6-8,10H2,1H3/t11-/m0/s1. The maximum atomic E-state index is 6.11. The summed E-state index contributed by atoms with van der Waals surface area (Å²) in [6.07, 6.45) is 3.65. The number of halogens is 1. The molecule has 1 aromatic carbocycles. The van der Waals surface area contributed by atoms with E-state index < -0.39 is 0 Å². The molecule has 1 heterocycles. The maximum Gasteiger partial charge on any atom is 0.138 e. The molecule has 4 heteroatoms. The summed E-state index contributed by atoms with van der Waals surface area (Å²) in [6, 6.07) is 5.50. The van der Waals surface area contributed by atoms with Crippen molar-refractivity contribution in [3.05, 3.63) is 23.2 Å². The third-order valence-corrected chi connectivity index (χ3v) is 3.62. The van der Waals surface area contributed by atoms with Gasteiger partial charge in [-0.3, -0.25) is 0 Å². The molecule has 1 aliphatic heterocycles. The van der Waals surface area contributed by atoms with E-state index in [-0.39, 0.29) is 0 Å². The van der Waals surface area contributed by atoms with Crippen LogP contribution in [0.15, 0.2) is 18.2 Å². The maximum absolute atomic E-state index is 6.11. The lowest BCUT2D eigenvalue weighted by Crippen LogP contribution is -2.30. The van der Waals surface area contributed by atoms with Crippen LogP contribution >= 0.6 is 11.6 Å². The zero-order valence-corrected chi connectivity index (χ0v) is 11.5. The van der Waals surface area contributed by atoms with Crippen molar-refractivity contribution in [3.63, 3.8) is 0 Å². The predicted octanol–water partition coefficient (Wildman–Crippen LogP) is 3.12. The summed E-state index contributed by atoms with van der Waals surface area (Å²) in [5, 5.41) is 4.02. The van der Waals surface area contributed by atoms with Crippen LogP contribution in [-0.2, 0) is 0 Å². The van der Waals surface area contributed by atoms with E-state index in [0.717, 1.165) is 43.5 Å². The Bertz CT molecular complexity index is 378. The fourth-order valence-electron chi connectivity index (χ4n) is 2.23. The van der Waals surface area contributed by atoms with Gasteiger partial charge in [0.05, 0.1) is 18.7 Å². The number of hydrogen-bond acceptors (Lipinski definition) is 3. The van der Waals surface area contributed by atoms with Gasteiger partial charge in [0.2, 0.25) is 0 Å². The molecule has 0 aliphatic carbocycles. The smallest absolute Gasteiger partial charge is 0.138 e. The van der Waals surface area contributed by atoms with Crippen molar-refractivity contribution >= 4 is 11.6 Å². The molecule has 0 unspecified atom stereocenters. The molecule has 0 aromatic heterocycles. The number of rotatable bonds is 5. The molecule has 1 fully saturated rings. The summed E-state index contributed by atoms with van der Waals surface area (Å²) < 4.78 is 10.8. The Hall–Kier alpha value is -0.930. The number of benzene rings is 1. The van der Waals surface area contributed by atoms with Crippen molar-refractivity contribution in [3.8, 4) is 11.5 Å². The van der Waals surface area contributed by atoms with Gasteiger partial charge in [-0.2, -0.15) is 0 Å². The minimum Gasteiger partial charge on any atom is -0.497 e. The Labute approximate surface area is 113 Å². The molecule has 0 radical (unpaired) electrons. The first-order valence-corrected chi connectivity index (χ1v) is 6.84. The van der Waals surface area contributed by atoms with E-state index in [4.69, 9.17) is 21.1 Å². The summed E-state index contributed by atoms with van der Waals surface area (Å²) in [6.45, 7) is 2.99. The Balaban J connectivity index is 1.79. The monoisotopic (exact) mass is 269 g/mol. The molecule has 0 bridgehead atoms. The van der Waals surface area contributed by atoms with Crippen LogP contribution in [0.1, 0.15) is 19.3 Å². The van der Waals surface area contributed by atoms with Crippen LogP contribution in [0.25, 0.3) is 0 Å². The van der Waals surface area contributed by atoms with E-state index in [1.807, 2.05) is 12.1 Å². The Kier molecular flexibility index (Phi) is 5.14. The summed E-state index contributed by atoms with van der Waals surface area (Å²) in [5.74, 6) is 2.22. The van der Waals surface area contributed by atoms with Crippen molar-refractivity contribution in [2.75, 3.05) is 26.8 Å². The third-order valence-electron chi connectivity index (χ3n) is 3.32. The lowest BCUT2D eigenvalue weighted by Gasteiger charge is -2.22. The van der Waals surface area contributed by atoms with E-state index >= 15 is 0 Å². The highest BCUT2D eigenvalue weighted by atomic mass is 35.5. The average molecular weight is 270 g/mol. The van der Waals surface area contributed by atoms with Gasteiger partial charge in [0, 0.05) is 6.07 Å². The Morgan fingerprint density at radius 2 is 2.33 bits per heavy atom. The molecule has 0 spiro atoms. The van der Waals surface area contributed by atoms with Gasteiger partial charge in [-0.05, 0) is 50.4 Å². The molecule has 3 nitrogen and oxygen atoms in total. The minimum absolute atomic E-state index is 0.608. The number of nitrogens with one attached hydrogen (secondary N) is 1. The normalized spacial score (nSPS) is 19.6. The highest BCUT2D eigenvalue weighted by molar-refractivity contribution is 6.32. The second kappa shape index (κ2) is 6.86. The van der Waals surface area contributed by atoms with Gasteiger partial charge >= 0.3 is 0 Å². The third kappa shape index (κ3) is 3.79. The quantitative estimate of drug-likeness (QED) is 0.891. The first kappa shape index (κ1) is 13.5. The molecule has 1 aliphatic rings. The van der Waals surface area contributed by atoms with Crippen LogP contribution in [0.3, 0.4) is 0 Å². The molecule has 1 saturated heterocycles. The molecule has 2 rings (SSSR count). The summed E-state index contributed by atoms with van der Waals surface area (Å²) in [4.78, 5) is 0. The summed E-state index contributed by atoms with van der Waals surface area (Å²) in [7, 11) is 1.63. The molecule has 1 atom stereocenters. The van der Waals surface area contributed by atoms with Gasteiger partial charge in [-0.15, -0.1) is 0 Å². The van der Waals surface area contributed by atoms with E-state index in [1.165, 1.54) is 12.8 Å². The molecule has 0 amide bonds. The van der Waals surface area contributed by atoms with E-state index in [2.05, 4.69) is 5.32 Å². The van der Waals surface area contributed by atoms with Crippen molar-refractivity contribution < 1.29 is 9.47 Å². The van der Waals surface area contributed by atoms with Crippen LogP contribution < -0.4 is 14.8 Å². The molecule has 18 heavy (non-hydrogen) atoms. The number of piperidine rings is 1. The summed E-state index contributed by atoms with van der Waals surface area (Å²) >= 11 is 6.11. The molecule has 1 aromatic rings.